The molecule has 0 aliphatic heterocycles. The molecule has 4 nitrogen and oxygen atoms in total. The predicted molar refractivity (Wildman–Crippen MR) is 91.4 cm³/mol. The Labute approximate surface area is 141 Å². The summed E-state index contributed by atoms with van der Waals surface area (Å²) in [6, 6.07) is 15.2. The summed E-state index contributed by atoms with van der Waals surface area (Å²) in [5, 5.41) is 0.703. The molecule has 2 aromatic carbocycles. The average molecular weight is 334 g/mol. The van der Waals surface area contributed by atoms with Gasteiger partial charge in [-0.3, -0.25) is 0 Å². The molecule has 0 amide bonds. The molecule has 2 aromatic rings. The van der Waals surface area contributed by atoms with Gasteiger partial charge >= 0.3 is 5.97 Å². The third-order valence-corrected chi connectivity index (χ3v) is 3.89. The number of halogens is 1. The maximum absolute atomic E-state index is 11.6. The van der Waals surface area contributed by atoms with Gasteiger partial charge in [-0.1, -0.05) is 48.0 Å². The Kier molecular flexibility index (Phi) is 6.16. The van der Waals surface area contributed by atoms with E-state index in [2.05, 4.69) is 0 Å². The van der Waals surface area contributed by atoms with Gasteiger partial charge in [-0.2, -0.15) is 0 Å². The maximum Gasteiger partial charge on any atom is 0.336 e. The number of hydrogen-bond acceptors (Lipinski definition) is 4. The highest BCUT2D eigenvalue weighted by molar-refractivity contribution is 6.30. The minimum Gasteiger partial charge on any atom is -0.467 e. The molecular weight excluding hydrogens is 314 g/mol. The highest BCUT2D eigenvalue weighted by Crippen LogP contribution is 2.23. The zero-order chi connectivity index (χ0) is 16.8. The zero-order valence-corrected chi connectivity index (χ0v) is 13.9. The lowest BCUT2D eigenvalue weighted by Crippen LogP contribution is -2.44. The molecule has 0 aliphatic carbocycles. The van der Waals surface area contributed by atoms with Crippen LogP contribution in [0, 0.1) is 0 Å². The number of nitrogens with two attached hydrogens (primary N) is 1. The molecule has 0 spiro atoms. The standard InChI is InChI=1S/C18H20ClNO3/c1-22-17(18(21)23-2)16(20)10-12-6-8-13(9-7-12)14-4-3-5-15(19)11-14/h3-9,11,16-17H,10,20H2,1-2H3/t16-,17?/m1/s1. The molecule has 0 aliphatic rings. The van der Waals surface area contributed by atoms with Gasteiger partial charge < -0.3 is 15.2 Å². The summed E-state index contributed by atoms with van der Waals surface area (Å²) >= 11 is 6.01. The monoisotopic (exact) mass is 333 g/mol. The van der Waals surface area contributed by atoms with Gasteiger partial charge in [0.25, 0.3) is 0 Å². The van der Waals surface area contributed by atoms with Crippen LogP contribution in [0.3, 0.4) is 0 Å². The van der Waals surface area contributed by atoms with Crippen LogP contribution in [0.4, 0.5) is 0 Å². The van der Waals surface area contributed by atoms with Crippen LogP contribution >= 0.6 is 11.6 Å². The number of esters is 1. The molecule has 0 fully saturated rings. The fourth-order valence-corrected chi connectivity index (χ4v) is 2.63. The van der Waals surface area contributed by atoms with E-state index in [0.717, 1.165) is 16.7 Å². The van der Waals surface area contributed by atoms with Crippen molar-refractivity contribution in [3.8, 4) is 11.1 Å². The van der Waals surface area contributed by atoms with Gasteiger partial charge in [0.1, 0.15) is 0 Å². The number of hydrogen-bond donors (Lipinski definition) is 1. The topological polar surface area (TPSA) is 61.5 Å². The second-order valence-corrected chi connectivity index (χ2v) is 5.69. The van der Waals surface area contributed by atoms with E-state index in [-0.39, 0.29) is 0 Å². The number of benzene rings is 2. The summed E-state index contributed by atoms with van der Waals surface area (Å²) in [6.07, 6.45) is -0.253. The lowest BCUT2D eigenvalue weighted by atomic mass is 9.99. The molecular formula is C18H20ClNO3. The first-order valence-corrected chi connectivity index (χ1v) is 7.64. The second-order valence-electron chi connectivity index (χ2n) is 5.25. The largest absolute Gasteiger partial charge is 0.467 e. The number of carbonyl (C=O) groups is 1. The first-order chi connectivity index (χ1) is 11.0. The Balaban J connectivity index is 2.09. The van der Waals surface area contributed by atoms with Crippen LogP contribution in [0.15, 0.2) is 48.5 Å². The molecule has 0 saturated heterocycles. The van der Waals surface area contributed by atoms with Crippen molar-refractivity contribution in [2.75, 3.05) is 14.2 Å². The molecule has 2 atom stereocenters. The van der Waals surface area contributed by atoms with Gasteiger partial charge in [0.05, 0.1) is 7.11 Å². The van der Waals surface area contributed by atoms with Crippen LogP contribution < -0.4 is 5.73 Å². The van der Waals surface area contributed by atoms with E-state index in [0.29, 0.717) is 11.4 Å². The predicted octanol–water partition coefficient (Wildman–Crippen LogP) is 3.06. The molecule has 5 heteroatoms. The van der Waals surface area contributed by atoms with Crippen LogP contribution in [0.25, 0.3) is 11.1 Å². The van der Waals surface area contributed by atoms with E-state index in [1.54, 1.807) is 0 Å². The Morgan fingerprint density at radius 2 is 1.83 bits per heavy atom. The Morgan fingerprint density at radius 1 is 1.13 bits per heavy atom. The molecule has 2 N–H and O–H groups in total. The fraction of sp³-hybridized carbons (Fsp3) is 0.278. The summed E-state index contributed by atoms with van der Waals surface area (Å²) < 4.78 is 9.82. The molecule has 0 aromatic heterocycles. The van der Waals surface area contributed by atoms with Crippen molar-refractivity contribution in [3.63, 3.8) is 0 Å². The van der Waals surface area contributed by atoms with Crippen LogP contribution in [0.5, 0.6) is 0 Å². The summed E-state index contributed by atoms with van der Waals surface area (Å²) in [5.74, 6) is -0.462. The highest BCUT2D eigenvalue weighted by Gasteiger charge is 2.26. The quantitative estimate of drug-likeness (QED) is 0.825. The van der Waals surface area contributed by atoms with E-state index < -0.39 is 18.1 Å². The second kappa shape index (κ2) is 8.11. The number of carbonyl (C=O) groups excluding carboxylic acids is 1. The van der Waals surface area contributed by atoms with Crippen molar-refractivity contribution >= 4 is 17.6 Å². The van der Waals surface area contributed by atoms with Gasteiger partial charge in [-0.15, -0.1) is 0 Å². The molecule has 1 unspecified atom stereocenters. The molecule has 0 radical (unpaired) electrons. The molecule has 0 heterocycles. The summed E-state index contributed by atoms with van der Waals surface area (Å²) in [4.78, 5) is 11.6. The zero-order valence-electron chi connectivity index (χ0n) is 13.2. The van der Waals surface area contributed by atoms with E-state index in [1.807, 2.05) is 48.5 Å². The van der Waals surface area contributed by atoms with E-state index in [1.165, 1.54) is 14.2 Å². The van der Waals surface area contributed by atoms with Crippen molar-refractivity contribution in [3.05, 3.63) is 59.1 Å². The first-order valence-electron chi connectivity index (χ1n) is 7.26. The summed E-state index contributed by atoms with van der Waals surface area (Å²) in [5.41, 5.74) is 9.21. The van der Waals surface area contributed by atoms with Crippen molar-refractivity contribution in [1.82, 2.24) is 0 Å². The lowest BCUT2D eigenvalue weighted by Gasteiger charge is -2.20. The number of ether oxygens (including phenoxy) is 2. The number of rotatable bonds is 6. The first kappa shape index (κ1) is 17.5. The Morgan fingerprint density at radius 3 is 2.39 bits per heavy atom. The molecule has 0 bridgehead atoms. The van der Waals surface area contributed by atoms with Crippen LogP contribution in [-0.4, -0.2) is 32.3 Å². The van der Waals surface area contributed by atoms with Crippen molar-refractivity contribution in [1.29, 1.82) is 0 Å². The van der Waals surface area contributed by atoms with E-state index in [9.17, 15) is 4.79 Å². The smallest absolute Gasteiger partial charge is 0.336 e. The van der Waals surface area contributed by atoms with Gasteiger partial charge in [0, 0.05) is 18.2 Å². The maximum atomic E-state index is 11.6. The van der Waals surface area contributed by atoms with Gasteiger partial charge in [0.2, 0.25) is 0 Å². The summed E-state index contributed by atoms with van der Waals surface area (Å²) in [7, 11) is 2.77. The Bertz CT molecular complexity index is 658. The van der Waals surface area contributed by atoms with E-state index >= 15 is 0 Å². The summed E-state index contributed by atoms with van der Waals surface area (Å²) in [6.45, 7) is 0. The van der Waals surface area contributed by atoms with Crippen LogP contribution in [-0.2, 0) is 20.7 Å². The van der Waals surface area contributed by atoms with Gasteiger partial charge in [-0.05, 0) is 35.2 Å². The molecule has 23 heavy (non-hydrogen) atoms. The van der Waals surface area contributed by atoms with Crippen LogP contribution in [0.2, 0.25) is 5.02 Å². The van der Waals surface area contributed by atoms with Crippen molar-refractivity contribution in [2.45, 2.75) is 18.6 Å². The van der Waals surface area contributed by atoms with E-state index in [4.69, 9.17) is 26.8 Å². The van der Waals surface area contributed by atoms with Crippen molar-refractivity contribution < 1.29 is 14.3 Å². The van der Waals surface area contributed by atoms with Crippen molar-refractivity contribution in [2.24, 2.45) is 5.73 Å². The lowest BCUT2D eigenvalue weighted by molar-refractivity contribution is -0.153. The minimum absolute atomic E-state index is 0.462. The minimum atomic E-state index is -0.771. The van der Waals surface area contributed by atoms with Crippen LogP contribution in [0.1, 0.15) is 5.56 Å². The molecule has 2 rings (SSSR count). The Hall–Kier alpha value is -1.88. The third kappa shape index (κ3) is 4.55. The molecule has 0 saturated carbocycles. The average Bonchev–Trinajstić information content (AvgIpc) is 2.56. The fourth-order valence-electron chi connectivity index (χ4n) is 2.44. The van der Waals surface area contributed by atoms with Gasteiger partial charge in [-0.25, -0.2) is 4.79 Å². The highest BCUT2D eigenvalue weighted by atomic mass is 35.5. The SMILES string of the molecule is COC(=O)C(OC)[C@H](N)Cc1ccc(-c2cccc(Cl)c2)cc1. The molecule has 122 valence electrons. The third-order valence-electron chi connectivity index (χ3n) is 3.66. The number of methoxy groups -OCH3 is 2. The normalized spacial score (nSPS) is 13.4. The van der Waals surface area contributed by atoms with Gasteiger partial charge in [0.15, 0.2) is 6.10 Å².